The standard InChI is InChI=1S/C15H28N2O2/c1-2-12-5-7-13(8-6-12)10-16-15(18)17-11-14-4-3-9-19-14/h12-14H,2-11H2,1H3,(H2,16,17,18). The van der Waals surface area contributed by atoms with Gasteiger partial charge in [-0.3, -0.25) is 0 Å². The molecule has 1 unspecified atom stereocenters. The smallest absolute Gasteiger partial charge is 0.314 e. The fraction of sp³-hybridized carbons (Fsp3) is 0.933. The molecular weight excluding hydrogens is 240 g/mol. The first-order valence-corrected chi connectivity index (χ1v) is 7.91. The number of carbonyl (C=O) groups is 1. The number of hydrogen-bond acceptors (Lipinski definition) is 2. The number of carbonyl (C=O) groups excluding carboxylic acids is 1. The molecule has 1 saturated heterocycles. The molecule has 110 valence electrons. The zero-order valence-corrected chi connectivity index (χ0v) is 12.1. The molecule has 2 N–H and O–H groups in total. The molecule has 19 heavy (non-hydrogen) atoms. The molecule has 2 rings (SSSR count). The van der Waals surface area contributed by atoms with Gasteiger partial charge in [0.05, 0.1) is 6.10 Å². The van der Waals surface area contributed by atoms with Crippen LogP contribution in [0.25, 0.3) is 0 Å². The van der Waals surface area contributed by atoms with Crippen molar-refractivity contribution in [3.05, 3.63) is 0 Å². The molecule has 0 radical (unpaired) electrons. The van der Waals surface area contributed by atoms with Crippen molar-refractivity contribution in [1.82, 2.24) is 10.6 Å². The van der Waals surface area contributed by atoms with Gasteiger partial charge in [0, 0.05) is 19.7 Å². The van der Waals surface area contributed by atoms with Gasteiger partial charge in [-0.25, -0.2) is 4.79 Å². The summed E-state index contributed by atoms with van der Waals surface area (Å²) in [4.78, 5) is 11.7. The molecule has 0 aromatic rings. The molecule has 4 heteroatoms. The Balaban J connectivity index is 1.53. The van der Waals surface area contributed by atoms with E-state index < -0.39 is 0 Å². The Kier molecular flexibility index (Phi) is 5.95. The minimum absolute atomic E-state index is 0.0342. The van der Waals surface area contributed by atoms with Crippen LogP contribution in [0.1, 0.15) is 51.9 Å². The average molecular weight is 268 g/mol. The Hall–Kier alpha value is -0.770. The van der Waals surface area contributed by atoms with Crippen molar-refractivity contribution in [1.29, 1.82) is 0 Å². The van der Waals surface area contributed by atoms with Gasteiger partial charge >= 0.3 is 6.03 Å². The predicted molar refractivity (Wildman–Crippen MR) is 76.1 cm³/mol. The number of rotatable bonds is 5. The van der Waals surface area contributed by atoms with E-state index in [0.29, 0.717) is 12.5 Å². The third-order valence-electron chi connectivity index (χ3n) is 4.61. The number of ether oxygens (including phenoxy) is 1. The lowest BCUT2D eigenvalue weighted by Gasteiger charge is -2.27. The van der Waals surface area contributed by atoms with E-state index in [-0.39, 0.29) is 12.1 Å². The summed E-state index contributed by atoms with van der Waals surface area (Å²) in [5, 5.41) is 5.91. The topological polar surface area (TPSA) is 50.4 Å². The van der Waals surface area contributed by atoms with Crippen LogP contribution < -0.4 is 10.6 Å². The van der Waals surface area contributed by atoms with Crippen molar-refractivity contribution in [2.45, 2.75) is 58.0 Å². The van der Waals surface area contributed by atoms with Crippen LogP contribution in [0, 0.1) is 11.8 Å². The molecule has 1 atom stereocenters. The van der Waals surface area contributed by atoms with Gasteiger partial charge in [0.15, 0.2) is 0 Å². The number of amides is 2. The molecule has 1 saturated carbocycles. The summed E-state index contributed by atoms with van der Waals surface area (Å²) in [6, 6.07) is -0.0342. The largest absolute Gasteiger partial charge is 0.376 e. The van der Waals surface area contributed by atoms with Gasteiger partial charge in [-0.15, -0.1) is 0 Å². The summed E-state index contributed by atoms with van der Waals surface area (Å²) in [7, 11) is 0. The fourth-order valence-electron chi connectivity index (χ4n) is 3.16. The maximum Gasteiger partial charge on any atom is 0.314 e. The quantitative estimate of drug-likeness (QED) is 0.805. The Morgan fingerprint density at radius 3 is 2.37 bits per heavy atom. The molecular formula is C15H28N2O2. The van der Waals surface area contributed by atoms with Gasteiger partial charge in [0.1, 0.15) is 0 Å². The highest BCUT2D eigenvalue weighted by Gasteiger charge is 2.20. The van der Waals surface area contributed by atoms with Gasteiger partial charge < -0.3 is 15.4 Å². The lowest BCUT2D eigenvalue weighted by molar-refractivity contribution is 0.111. The van der Waals surface area contributed by atoms with Crippen LogP contribution in [0.15, 0.2) is 0 Å². The second kappa shape index (κ2) is 7.73. The summed E-state index contributed by atoms with van der Waals surface area (Å²) in [5.41, 5.74) is 0. The lowest BCUT2D eigenvalue weighted by Crippen LogP contribution is -2.41. The Labute approximate surface area is 116 Å². The first-order valence-electron chi connectivity index (χ1n) is 7.91. The molecule has 1 heterocycles. The summed E-state index contributed by atoms with van der Waals surface area (Å²) in [6.07, 6.45) is 8.93. The van der Waals surface area contributed by atoms with Gasteiger partial charge in [0.2, 0.25) is 0 Å². The van der Waals surface area contributed by atoms with Gasteiger partial charge in [0.25, 0.3) is 0 Å². The second-order valence-corrected chi connectivity index (χ2v) is 6.02. The van der Waals surface area contributed by atoms with Crippen molar-refractivity contribution in [3.8, 4) is 0 Å². The van der Waals surface area contributed by atoms with Crippen molar-refractivity contribution < 1.29 is 9.53 Å². The zero-order chi connectivity index (χ0) is 13.5. The molecule has 4 nitrogen and oxygen atoms in total. The highest BCUT2D eigenvalue weighted by atomic mass is 16.5. The first kappa shape index (κ1) is 14.6. The average Bonchev–Trinajstić information content (AvgIpc) is 2.96. The van der Waals surface area contributed by atoms with Crippen LogP contribution in [0.3, 0.4) is 0 Å². The third-order valence-corrected chi connectivity index (χ3v) is 4.61. The summed E-state index contributed by atoms with van der Waals surface area (Å²) in [5.74, 6) is 1.60. The molecule has 2 amide bonds. The highest BCUT2D eigenvalue weighted by Crippen LogP contribution is 2.29. The minimum atomic E-state index is -0.0342. The SMILES string of the molecule is CCC1CCC(CNC(=O)NCC2CCCO2)CC1. The van der Waals surface area contributed by atoms with E-state index in [1.54, 1.807) is 0 Å². The van der Waals surface area contributed by atoms with Crippen molar-refractivity contribution in [2.75, 3.05) is 19.7 Å². The van der Waals surface area contributed by atoms with Gasteiger partial charge in [-0.05, 0) is 37.5 Å². The van der Waals surface area contributed by atoms with E-state index in [1.165, 1.54) is 32.1 Å². The second-order valence-electron chi connectivity index (χ2n) is 6.02. The Morgan fingerprint density at radius 1 is 1.05 bits per heavy atom. The minimum Gasteiger partial charge on any atom is -0.376 e. The van der Waals surface area contributed by atoms with Gasteiger partial charge in [-0.1, -0.05) is 26.2 Å². The van der Waals surface area contributed by atoms with Crippen LogP contribution in [-0.2, 0) is 4.74 Å². The maximum atomic E-state index is 11.7. The third kappa shape index (κ3) is 5.01. The van der Waals surface area contributed by atoms with Crippen LogP contribution in [0.5, 0.6) is 0 Å². The maximum absolute atomic E-state index is 11.7. The molecule has 1 aliphatic heterocycles. The van der Waals surface area contributed by atoms with Crippen LogP contribution >= 0.6 is 0 Å². The molecule has 2 aliphatic rings. The van der Waals surface area contributed by atoms with E-state index in [9.17, 15) is 4.79 Å². The fourth-order valence-corrected chi connectivity index (χ4v) is 3.16. The molecule has 0 aromatic heterocycles. The highest BCUT2D eigenvalue weighted by molar-refractivity contribution is 5.73. The summed E-state index contributed by atoms with van der Waals surface area (Å²) in [6.45, 7) is 4.60. The van der Waals surface area contributed by atoms with Crippen molar-refractivity contribution in [3.63, 3.8) is 0 Å². The first-order chi connectivity index (χ1) is 9.28. The Morgan fingerprint density at radius 2 is 1.74 bits per heavy atom. The van der Waals surface area contributed by atoms with E-state index >= 15 is 0 Å². The van der Waals surface area contributed by atoms with Crippen LogP contribution in [0.2, 0.25) is 0 Å². The predicted octanol–water partition coefficient (Wildman–Crippen LogP) is 2.68. The molecule has 0 spiro atoms. The Bertz CT molecular complexity index is 269. The van der Waals surface area contributed by atoms with E-state index in [4.69, 9.17) is 4.74 Å². The molecule has 1 aliphatic carbocycles. The molecule has 0 aromatic carbocycles. The zero-order valence-electron chi connectivity index (χ0n) is 12.1. The molecule has 2 fully saturated rings. The number of nitrogens with one attached hydrogen (secondary N) is 2. The van der Waals surface area contributed by atoms with E-state index in [1.807, 2.05) is 0 Å². The summed E-state index contributed by atoms with van der Waals surface area (Å²) < 4.78 is 5.48. The van der Waals surface area contributed by atoms with Crippen LogP contribution in [0.4, 0.5) is 4.79 Å². The normalized spacial score (nSPS) is 31.1. The number of hydrogen-bond donors (Lipinski definition) is 2. The monoisotopic (exact) mass is 268 g/mol. The molecule has 0 bridgehead atoms. The van der Waals surface area contributed by atoms with Crippen LogP contribution in [-0.4, -0.2) is 31.8 Å². The number of urea groups is 1. The van der Waals surface area contributed by atoms with Gasteiger partial charge in [-0.2, -0.15) is 0 Å². The van der Waals surface area contributed by atoms with E-state index in [2.05, 4.69) is 17.6 Å². The lowest BCUT2D eigenvalue weighted by atomic mass is 9.81. The summed E-state index contributed by atoms with van der Waals surface area (Å²) >= 11 is 0. The van der Waals surface area contributed by atoms with Crippen molar-refractivity contribution in [2.24, 2.45) is 11.8 Å². The van der Waals surface area contributed by atoms with E-state index in [0.717, 1.165) is 31.9 Å². The van der Waals surface area contributed by atoms with Crippen molar-refractivity contribution >= 4 is 6.03 Å².